The Balaban J connectivity index is 1.61. The van der Waals surface area contributed by atoms with E-state index >= 15 is 0 Å². The Hall–Kier alpha value is -1.92. The fourth-order valence-corrected chi connectivity index (χ4v) is 4.99. The molecular weight excluding hydrogens is 438 g/mol. The second kappa shape index (κ2) is 10.6. The zero-order valence-electron chi connectivity index (χ0n) is 18.3. The van der Waals surface area contributed by atoms with E-state index in [2.05, 4.69) is 39.5 Å². The number of nitrogens with zero attached hydrogens (tertiary/aromatic N) is 5. The van der Waals surface area contributed by atoms with Gasteiger partial charge in [0.1, 0.15) is 5.82 Å². The van der Waals surface area contributed by atoms with E-state index in [4.69, 9.17) is 0 Å². The van der Waals surface area contributed by atoms with Crippen LogP contribution in [0, 0.1) is 5.92 Å². The van der Waals surface area contributed by atoms with Gasteiger partial charge in [-0.15, -0.1) is 0 Å². The number of nitrogens with one attached hydrogen (secondary N) is 2. The summed E-state index contributed by atoms with van der Waals surface area (Å²) in [4.78, 5) is 21.8. The highest BCUT2D eigenvalue weighted by atomic mass is 32.2. The van der Waals surface area contributed by atoms with Gasteiger partial charge in [0.2, 0.25) is 15.9 Å². The zero-order valence-corrected chi connectivity index (χ0v) is 19.9. The van der Waals surface area contributed by atoms with Crippen molar-refractivity contribution in [2.45, 2.75) is 44.8 Å². The van der Waals surface area contributed by atoms with Crippen LogP contribution in [-0.2, 0) is 21.4 Å². The van der Waals surface area contributed by atoms with Gasteiger partial charge in [-0.05, 0) is 25.0 Å². The van der Waals surface area contributed by atoms with E-state index in [9.17, 15) is 13.2 Å². The SMILES string of the molecule is CCCNc1nc(SCC)nc2c1cnn2CCNC(=O)C1CCN(S(C)(=O)=O)CC1. The summed E-state index contributed by atoms with van der Waals surface area (Å²) < 4.78 is 26.5. The zero-order chi connectivity index (χ0) is 22.4. The predicted octanol–water partition coefficient (Wildman–Crippen LogP) is 1.55. The lowest BCUT2D eigenvalue weighted by atomic mass is 9.97. The number of aromatic nitrogens is 4. The first-order chi connectivity index (χ1) is 14.8. The highest BCUT2D eigenvalue weighted by Gasteiger charge is 2.28. The fourth-order valence-electron chi connectivity index (χ4n) is 3.55. The van der Waals surface area contributed by atoms with Crippen LogP contribution in [0.5, 0.6) is 0 Å². The lowest BCUT2D eigenvalue weighted by Crippen LogP contribution is -2.43. The summed E-state index contributed by atoms with van der Waals surface area (Å²) in [5.74, 6) is 1.47. The van der Waals surface area contributed by atoms with Gasteiger partial charge in [-0.25, -0.2) is 27.4 Å². The third-order valence-electron chi connectivity index (χ3n) is 5.21. The van der Waals surface area contributed by atoms with E-state index in [0.29, 0.717) is 44.2 Å². The number of anilines is 1. The first kappa shape index (κ1) is 23.7. The largest absolute Gasteiger partial charge is 0.369 e. The number of amides is 1. The molecule has 0 aliphatic carbocycles. The van der Waals surface area contributed by atoms with Crippen molar-refractivity contribution in [1.82, 2.24) is 29.4 Å². The number of rotatable bonds is 10. The van der Waals surface area contributed by atoms with Crippen molar-refractivity contribution >= 4 is 44.5 Å². The molecule has 12 heteroatoms. The van der Waals surface area contributed by atoms with Gasteiger partial charge >= 0.3 is 0 Å². The van der Waals surface area contributed by atoms with Gasteiger partial charge in [-0.1, -0.05) is 25.6 Å². The Labute approximate surface area is 187 Å². The van der Waals surface area contributed by atoms with Crippen molar-refractivity contribution in [3.05, 3.63) is 6.20 Å². The molecule has 1 aliphatic heterocycles. The van der Waals surface area contributed by atoms with Gasteiger partial charge in [0.25, 0.3) is 0 Å². The molecular formula is C19H31N7O3S2. The molecule has 172 valence electrons. The minimum absolute atomic E-state index is 0.0354. The molecule has 3 heterocycles. The quantitative estimate of drug-likeness (QED) is 0.397. The van der Waals surface area contributed by atoms with Crippen molar-refractivity contribution in [3.63, 3.8) is 0 Å². The van der Waals surface area contributed by atoms with Gasteiger partial charge in [0, 0.05) is 32.1 Å². The lowest BCUT2D eigenvalue weighted by molar-refractivity contribution is -0.126. The molecule has 2 aromatic rings. The standard InChI is InChI=1S/C19H31N7O3S2/c1-4-8-20-16-15-13-22-26(17(15)24-19(23-16)30-5-2)12-9-21-18(27)14-6-10-25(11-7-14)31(3,28)29/h13-14H,4-12H2,1-3H3,(H,21,27)(H,20,23,24). The maximum atomic E-state index is 12.5. The molecule has 2 aromatic heterocycles. The monoisotopic (exact) mass is 469 g/mol. The second-order valence-corrected chi connectivity index (χ2v) is 10.8. The van der Waals surface area contributed by atoms with Crippen LogP contribution < -0.4 is 10.6 Å². The molecule has 2 N–H and O–H groups in total. The Kier molecular flexibility index (Phi) is 8.11. The van der Waals surface area contributed by atoms with Crippen LogP contribution in [0.1, 0.15) is 33.1 Å². The number of carbonyl (C=O) groups excluding carboxylic acids is 1. The first-order valence-corrected chi connectivity index (χ1v) is 13.5. The summed E-state index contributed by atoms with van der Waals surface area (Å²) >= 11 is 1.58. The van der Waals surface area contributed by atoms with Crippen molar-refractivity contribution in [3.8, 4) is 0 Å². The van der Waals surface area contributed by atoms with Crippen molar-refractivity contribution in [2.75, 3.05) is 43.5 Å². The summed E-state index contributed by atoms with van der Waals surface area (Å²) in [6.45, 7) is 6.69. The Bertz CT molecular complexity index is 1000. The summed E-state index contributed by atoms with van der Waals surface area (Å²) in [7, 11) is -3.19. The van der Waals surface area contributed by atoms with E-state index in [-0.39, 0.29) is 11.8 Å². The van der Waals surface area contributed by atoms with E-state index in [1.165, 1.54) is 10.6 Å². The van der Waals surface area contributed by atoms with Crippen LogP contribution in [0.15, 0.2) is 11.4 Å². The van der Waals surface area contributed by atoms with E-state index in [0.717, 1.165) is 35.6 Å². The van der Waals surface area contributed by atoms with E-state index in [1.807, 2.05) is 0 Å². The molecule has 0 saturated carbocycles. The minimum atomic E-state index is -3.19. The number of carbonyl (C=O) groups is 1. The smallest absolute Gasteiger partial charge is 0.223 e. The molecule has 1 fully saturated rings. The van der Waals surface area contributed by atoms with E-state index in [1.54, 1.807) is 22.6 Å². The van der Waals surface area contributed by atoms with Gasteiger partial charge in [-0.2, -0.15) is 5.10 Å². The van der Waals surface area contributed by atoms with Crippen LogP contribution in [0.4, 0.5) is 5.82 Å². The van der Waals surface area contributed by atoms with Crippen LogP contribution in [0.25, 0.3) is 11.0 Å². The molecule has 3 rings (SSSR count). The molecule has 0 aromatic carbocycles. The van der Waals surface area contributed by atoms with Crippen LogP contribution in [-0.4, -0.2) is 76.6 Å². The molecule has 1 aliphatic rings. The maximum Gasteiger partial charge on any atom is 0.223 e. The molecule has 0 spiro atoms. The molecule has 0 bridgehead atoms. The van der Waals surface area contributed by atoms with Gasteiger partial charge in [-0.3, -0.25) is 4.79 Å². The third kappa shape index (κ3) is 6.07. The highest BCUT2D eigenvalue weighted by molar-refractivity contribution is 7.99. The first-order valence-electron chi connectivity index (χ1n) is 10.7. The van der Waals surface area contributed by atoms with Crippen molar-refractivity contribution in [1.29, 1.82) is 0 Å². The molecule has 1 amide bonds. The molecule has 0 radical (unpaired) electrons. The number of fused-ring (bicyclic) bond motifs is 1. The van der Waals surface area contributed by atoms with E-state index < -0.39 is 10.0 Å². The van der Waals surface area contributed by atoms with Crippen molar-refractivity contribution in [2.24, 2.45) is 5.92 Å². The Morgan fingerprint density at radius 1 is 1.23 bits per heavy atom. The maximum absolute atomic E-state index is 12.5. The topological polar surface area (TPSA) is 122 Å². The summed E-state index contributed by atoms with van der Waals surface area (Å²) in [5.41, 5.74) is 0.750. The summed E-state index contributed by atoms with van der Waals surface area (Å²) in [5, 5.41) is 12.3. The molecule has 1 saturated heterocycles. The second-order valence-electron chi connectivity index (χ2n) is 7.55. The number of thioether (sulfide) groups is 1. The summed E-state index contributed by atoms with van der Waals surface area (Å²) in [6.07, 6.45) is 5.04. The average molecular weight is 470 g/mol. The number of sulfonamides is 1. The van der Waals surface area contributed by atoms with Gasteiger partial charge in [0.15, 0.2) is 10.8 Å². The highest BCUT2D eigenvalue weighted by Crippen LogP contribution is 2.24. The molecule has 10 nitrogen and oxygen atoms in total. The Morgan fingerprint density at radius 2 is 1.97 bits per heavy atom. The lowest BCUT2D eigenvalue weighted by Gasteiger charge is -2.29. The van der Waals surface area contributed by atoms with Crippen LogP contribution in [0.3, 0.4) is 0 Å². The molecule has 31 heavy (non-hydrogen) atoms. The number of hydrogen-bond donors (Lipinski definition) is 2. The number of hydrogen-bond acceptors (Lipinski definition) is 8. The third-order valence-corrected chi connectivity index (χ3v) is 7.24. The number of piperidine rings is 1. The van der Waals surface area contributed by atoms with Crippen molar-refractivity contribution < 1.29 is 13.2 Å². The predicted molar refractivity (Wildman–Crippen MR) is 123 cm³/mol. The minimum Gasteiger partial charge on any atom is -0.369 e. The van der Waals surface area contributed by atoms with Gasteiger partial charge in [0.05, 0.1) is 24.4 Å². The van der Waals surface area contributed by atoms with Gasteiger partial charge < -0.3 is 10.6 Å². The molecule has 0 atom stereocenters. The fraction of sp³-hybridized carbons (Fsp3) is 0.684. The van der Waals surface area contributed by atoms with Crippen LogP contribution in [0.2, 0.25) is 0 Å². The van der Waals surface area contributed by atoms with Crippen LogP contribution >= 0.6 is 11.8 Å². The average Bonchev–Trinajstić information content (AvgIpc) is 3.14. The normalized spacial score (nSPS) is 16.0. The molecule has 0 unspecified atom stereocenters. The summed E-state index contributed by atoms with van der Waals surface area (Å²) in [6, 6.07) is 0. The Morgan fingerprint density at radius 3 is 2.61 bits per heavy atom.